The molecule has 1 atom stereocenters. The molecule has 1 aliphatic heterocycles. The number of carbonyl (C=O) groups excluding carboxylic acids is 1. The first-order chi connectivity index (χ1) is 14.4. The SMILES string of the molecule is CC[C@H](C(=O)NCC1(c2ccccc2)CCOCC1)N(c1ccccc1)S(C)(=O)=O. The highest BCUT2D eigenvalue weighted by Gasteiger charge is 2.37. The van der Waals surface area contributed by atoms with Crippen molar-refractivity contribution in [2.45, 2.75) is 37.6 Å². The second kappa shape index (κ2) is 9.62. The number of ether oxygens (including phenoxy) is 1. The summed E-state index contributed by atoms with van der Waals surface area (Å²) in [7, 11) is -3.63. The average molecular weight is 431 g/mol. The van der Waals surface area contributed by atoms with Crippen molar-refractivity contribution >= 4 is 21.6 Å². The summed E-state index contributed by atoms with van der Waals surface area (Å²) in [5.74, 6) is -0.284. The van der Waals surface area contributed by atoms with E-state index in [1.165, 1.54) is 9.87 Å². The van der Waals surface area contributed by atoms with Crippen LogP contribution in [0.15, 0.2) is 60.7 Å². The van der Waals surface area contributed by atoms with E-state index in [1.54, 1.807) is 24.3 Å². The Hall–Kier alpha value is -2.38. The number of hydrogen-bond acceptors (Lipinski definition) is 4. The zero-order valence-electron chi connectivity index (χ0n) is 17.6. The fraction of sp³-hybridized carbons (Fsp3) is 0.435. The third kappa shape index (κ3) is 5.02. The first-order valence-electron chi connectivity index (χ1n) is 10.3. The number of anilines is 1. The monoisotopic (exact) mass is 430 g/mol. The average Bonchev–Trinajstić information content (AvgIpc) is 2.76. The molecule has 1 heterocycles. The van der Waals surface area contributed by atoms with Gasteiger partial charge in [-0.2, -0.15) is 0 Å². The van der Waals surface area contributed by atoms with Crippen LogP contribution in [0.25, 0.3) is 0 Å². The Morgan fingerprint density at radius 1 is 1.07 bits per heavy atom. The van der Waals surface area contributed by atoms with Gasteiger partial charge in [0.2, 0.25) is 15.9 Å². The minimum absolute atomic E-state index is 0.212. The Labute approximate surface area is 179 Å². The van der Waals surface area contributed by atoms with E-state index in [-0.39, 0.29) is 11.3 Å². The highest BCUT2D eigenvalue weighted by atomic mass is 32.2. The largest absolute Gasteiger partial charge is 0.381 e. The van der Waals surface area contributed by atoms with E-state index in [9.17, 15) is 13.2 Å². The molecular weight excluding hydrogens is 400 g/mol. The van der Waals surface area contributed by atoms with Crippen LogP contribution >= 0.6 is 0 Å². The van der Waals surface area contributed by atoms with Gasteiger partial charge in [0.25, 0.3) is 0 Å². The van der Waals surface area contributed by atoms with Crippen molar-refractivity contribution in [3.8, 4) is 0 Å². The molecule has 0 aliphatic carbocycles. The van der Waals surface area contributed by atoms with Crippen LogP contribution in [0.4, 0.5) is 5.69 Å². The smallest absolute Gasteiger partial charge is 0.243 e. The Kier molecular flexibility index (Phi) is 7.15. The van der Waals surface area contributed by atoms with E-state index in [4.69, 9.17) is 4.74 Å². The first kappa shape index (κ1) is 22.3. The fourth-order valence-corrected chi connectivity index (χ4v) is 5.34. The quantitative estimate of drug-likeness (QED) is 0.698. The van der Waals surface area contributed by atoms with Crippen LogP contribution in [-0.4, -0.2) is 46.4 Å². The Morgan fingerprint density at radius 3 is 2.17 bits per heavy atom. The molecule has 162 valence electrons. The predicted molar refractivity (Wildman–Crippen MR) is 119 cm³/mol. The van der Waals surface area contributed by atoms with E-state index >= 15 is 0 Å². The zero-order chi connectivity index (χ0) is 21.6. The first-order valence-corrected chi connectivity index (χ1v) is 12.2. The van der Waals surface area contributed by atoms with Crippen molar-refractivity contribution in [1.29, 1.82) is 0 Å². The van der Waals surface area contributed by atoms with E-state index in [1.807, 2.05) is 31.2 Å². The van der Waals surface area contributed by atoms with Gasteiger partial charge in [-0.25, -0.2) is 8.42 Å². The number of nitrogens with zero attached hydrogens (tertiary/aromatic N) is 1. The lowest BCUT2D eigenvalue weighted by Crippen LogP contribution is -2.52. The Morgan fingerprint density at radius 2 is 1.63 bits per heavy atom. The van der Waals surface area contributed by atoms with Crippen LogP contribution in [0, 0.1) is 0 Å². The molecule has 0 bridgehead atoms. The maximum absolute atomic E-state index is 13.2. The van der Waals surface area contributed by atoms with Crippen molar-refractivity contribution in [2.24, 2.45) is 0 Å². The van der Waals surface area contributed by atoms with Crippen molar-refractivity contribution in [3.63, 3.8) is 0 Å². The molecule has 0 radical (unpaired) electrons. The molecule has 2 aromatic carbocycles. The highest BCUT2D eigenvalue weighted by molar-refractivity contribution is 7.92. The van der Waals surface area contributed by atoms with Crippen molar-refractivity contribution in [1.82, 2.24) is 5.32 Å². The van der Waals surface area contributed by atoms with Gasteiger partial charge in [-0.3, -0.25) is 9.10 Å². The lowest BCUT2D eigenvalue weighted by molar-refractivity contribution is -0.122. The van der Waals surface area contributed by atoms with Gasteiger partial charge in [0.1, 0.15) is 6.04 Å². The third-order valence-corrected chi connectivity index (χ3v) is 6.96. The minimum atomic E-state index is -3.63. The molecule has 0 aromatic heterocycles. The van der Waals surface area contributed by atoms with E-state index in [2.05, 4.69) is 17.4 Å². The molecule has 0 saturated carbocycles. The molecule has 1 fully saturated rings. The second-order valence-corrected chi connectivity index (χ2v) is 9.65. The molecular formula is C23H30N2O4S. The molecule has 2 aromatic rings. The third-order valence-electron chi connectivity index (χ3n) is 5.78. The summed E-state index contributed by atoms with van der Waals surface area (Å²) in [4.78, 5) is 13.2. The van der Waals surface area contributed by atoms with Crippen LogP contribution in [0.5, 0.6) is 0 Å². The fourth-order valence-electron chi connectivity index (χ4n) is 4.13. The molecule has 6 nitrogen and oxygen atoms in total. The second-order valence-electron chi connectivity index (χ2n) is 7.79. The van der Waals surface area contributed by atoms with Gasteiger partial charge >= 0.3 is 0 Å². The number of amides is 1. The molecule has 1 aliphatic rings. The van der Waals surface area contributed by atoms with Gasteiger partial charge in [0, 0.05) is 25.2 Å². The summed E-state index contributed by atoms with van der Waals surface area (Å²) in [6.45, 7) is 3.55. The van der Waals surface area contributed by atoms with Crippen molar-refractivity contribution < 1.29 is 17.9 Å². The topological polar surface area (TPSA) is 75.7 Å². The van der Waals surface area contributed by atoms with Crippen LogP contribution < -0.4 is 9.62 Å². The van der Waals surface area contributed by atoms with E-state index in [0.29, 0.717) is 31.9 Å². The maximum atomic E-state index is 13.2. The minimum Gasteiger partial charge on any atom is -0.381 e. The van der Waals surface area contributed by atoms with E-state index in [0.717, 1.165) is 19.1 Å². The molecule has 1 saturated heterocycles. The number of para-hydroxylation sites is 1. The van der Waals surface area contributed by atoms with Crippen LogP contribution in [0.2, 0.25) is 0 Å². The number of sulfonamides is 1. The van der Waals surface area contributed by atoms with Crippen LogP contribution in [0.3, 0.4) is 0 Å². The molecule has 0 unspecified atom stereocenters. The lowest BCUT2D eigenvalue weighted by atomic mass is 9.74. The Balaban J connectivity index is 1.83. The number of benzene rings is 2. The van der Waals surface area contributed by atoms with Crippen LogP contribution in [-0.2, 0) is 25.0 Å². The number of rotatable bonds is 8. The zero-order valence-corrected chi connectivity index (χ0v) is 18.4. The molecule has 1 N–H and O–H groups in total. The van der Waals surface area contributed by atoms with E-state index < -0.39 is 16.1 Å². The predicted octanol–water partition coefficient (Wildman–Crippen LogP) is 3.10. The molecule has 7 heteroatoms. The lowest BCUT2D eigenvalue weighted by Gasteiger charge is -2.39. The summed E-state index contributed by atoms with van der Waals surface area (Å²) < 4.78 is 31.9. The summed E-state index contributed by atoms with van der Waals surface area (Å²) in [6.07, 6.45) is 3.13. The van der Waals surface area contributed by atoms with Gasteiger partial charge in [-0.15, -0.1) is 0 Å². The maximum Gasteiger partial charge on any atom is 0.243 e. The number of nitrogens with one attached hydrogen (secondary N) is 1. The van der Waals surface area contributed by atoms with Gasteiger partial charge in [-0.05, 0) is 37.0 Å². The molecule has 3 rings (SSSR count). The molecule has 1 amide bonds. The summed E-state index contributed by atoms with van der Waals surface area (Å²) in [6, 6.07) is 18.1. The van der Waals surface area contributed by atoms with Crippen molar-refractivity contribution in [3.05, 3.63) is 66.2 Å². The van der Waals surface area contributed by atoms with Crippen LogP contribution in [0.1, 0.15) is 31.7 Å². The van der Waals surface area contributed by atoms with Gasteiger partial charge in [0.05, 0.1) is 11.9 Å². The summed E-state index contributed by atoms with van der Waals surface area (Å²) in [5, 5.41) is 3.06. The standard InChI is InChI=1S/C23H30N2O4S/c1-3-21(25(30(2,27)28)20-12-8-5-9-13-20)22(26)24-18-23(14-16-29-17-15-23)19-10-6-4-7-11-19/h4-13,21H,3,14-18H2,1-2H3,(H,24,26)/t21-/m1/s1. The number of hydrogen-bond donors (Lipinski definition) is 1. The van der Waals surface area contributed by atoms with Gasteiger partial charge in [0.15, 0.2) is 0 Å². The van der Waals surface area contributed by atoms with Gasteiger partial charge in [-0.1, -0.05) is 55.5 Å². The summed E-state index contributed by atoms with van der Waals surface area (Å²) >= 11 is 0. The van der Waals surface area contributed by atoms with Crippen molar-refractivity contribution in [2.75, 3.05) is 30.3 Å². The molecule has 0 spiro atoms. The number of carbonyl (C=O) groups is 1. The normalized spacial score (nSPS) is 17.1. The highest BCUT2D eigenvalue weighted by Crippen LogP contribution is 2.34. The molecule has 30 heavy (non-hydrogen) atoms. The Bertz CT molecular complexity index is 926. The summed E-state index contributed by atoms with van der Waals surface area (Å²) in [5.41, 5.74) is 1.45. The van der Waals surface area contributed by atoms with Gasteiger partial charge < -0.3 is 10.1 Å².